The van der Waals surface area contributed by atoms with Crippen LogP contribution in [-0.4, -0.2) is 20.9 Å². The molecule has 0 unspecified atom stereocenters. The summed E-state index contributed by atoms with van der Waals surface area (Å²) in [5.41, 5.74) is 6.32. The van der Waals surface area contributed by atoms with Gasteiger partial charge < -0.3 is 16.0 Å². The van der Waals surface area contributed by atoms with Crippen LogP contribution >= 0.6 is 11.6 Å². The molecule has 0 aromatic carbocycles. The highest BCUT2D eigenvalue weighted by Crippen LogP contribution is 2.11. The van der Waals surface area contributed by atoms with Gasteiger partial charge in [0.15, 0.2) is 0 Å². The lowest BCUT2D eigenvalue weighted by Gasteiger charge is -2.01. The van der Waals surface area contributed by atoms with Crippen molar-refractivity contribution in [2.75, 3.05) is 11.1 Å². The van der Waals surface area contributed by atoms with Crippen molar-refractivity contribution in [3.8, 4) is 0 Å². The Labute approximate surface area is 95.9 Å². The molecule has 1 amide bonds. The lowest BCUT2D eigenvalue weighted by atomic mass is 10.4. The first-order valence-electron chi connectivity index (χ1n) is 4.38. The van der Waals surface area contributed by atoms with Crippen molar-refractivity contribution in [3.05, 3.63) is 35.5 Å². The smallest absolute Gasteiger partial charge is 0.273 e. The molecule has 0 spiro atoms. The lowest BCUT2D eigenvalue weighted by Crippen LogP contribution is -2.13. The van der Waals surface area contributed by atoms with E-state index in [0.717, 1.165) is 0 Å². The molecule has 2 rings (SSSR count). The Morgan fingerprint density at radius 2 is 2.25 bits per heavy atom. The van der Waals surface area contributed by atoms with Gasteiger partial charge in [0.1, 0.15) is 23.0 Å². The SMILES string of the molecule is Nc1c[nH]c(C(=O)Nc2cc(Cl)ncn2)c1. The van der Waals surface area contributed by atoms with E-state index in [0.29, 0.717) is 17.2 Å². The summed E-state index contributed by atoms with van der Waals surface area (Å²) in [6.07, 6.45) is 2.79. The fourth-order valence-corrected chi connectivity index (χ4v) is 1.27. The quantitative estimate of drug-likeness (QED) is 0.686. The number of anilines is 2. The number of hydrogen-bond donors (Lipinski definition) is 3. The Bertz CT molecular complexity index is 524. The number of nitrogen functional groups attached to an aromatic ring is 1. The van der Waals surface area contributed by atoms with Gasteiger partial charge in [-0.2, -0.15) is 0 Å². The van der Waals surface area contributed by atoms with E-state index in [2.05, 4.69) is 20.3 Å². The maximum absolute atomic E-state index is 11.6. The van der Waals surface area contributed by atoms with Gasteiger partial charge in [-0.05, 0) is 6.07 Å². The van der Waals surface area contributed by atoms with Crippen molar-refractivity contribution in [3.63, 3.8) is 0 Å². The van der Waals surface area contributed by atoms with Gasteiger partial charge in [-0.1, -0.05) is 11.6 Å². The highest BCUT2D eigenvalue weighted by atomic mass is 35.5. The van der Waals surface area contributed by atoms with E-state index in [1.807, 2.05) is 0 Å². The van der Waals surface area contributed by atoms with Gasteiger partial charge in [0, 0.05) is 18.0 Å². The number of amides is 1. The minimum Gasteiger partial charge on any atom is -0.397 e. The Hall–Kier alpha value is -2.08. The van der Waals surface area contributed by atoms with E-state index in [-0.39, 0.29) is 11.1 Å². The number of nitrogens with zero attached hydrogens (tertiary/aromatic N) is 2. The van der Waals surface area contributed by atoms with Gasteiger partial charge in [-0.15, -0.1) is 0 Å². The van der Waals surface area contributed by atoms with Crippen LogP contribution in [0.4, 0.5) is 11.5 Å². The first-order valence-corrected chi connectivity index (χ1v) is 4.76. The van der Waals surface area contributed by atoms with Crippen molar-refractivity contribution in [1.82, 2.24) is 15.0 Å². The van der Waals surface area contributed by atoms with Crippen LogP contribution in [0, 0.1) is 0 Å². The van der Waals surface area contributed by atoms with Crippen molar-refractivity contribution in [2.45, 2.75) is 0 Å². The summed E-state index contributed by atoms with van der Waals surface area (Å²) in [6, 6.07) is 2.98. The summed E-state index contributed by atoms with van der Waals surface area (Å²) >= 11 is 5.65. The molecule has 2 aromatic heterocycles. The van der Waals surface area contributed by atoms with Gasteiger partial charge in [0.05, 0.1) is 0 Å². The normalized spacial score (nSPS) is 10.1. The minimum absolute atomic E-state index is 0.260. The third-order valence-electron chi connectivity index (χ3n) is 1.83. The third kappa shape index (κ3) is 2.29. The van der Waals surface area contributed by atoms with E-state index < -0.39 is 0 Å². The summed E-state index contributed by atoms with van der Waals surface area (Å²) in [6.45, 7) is 0. The molecular weight excluding hydrogens is 230 g/mol. The highest BCUT2D eigenvalue weighted by molar-refractivity contribution is 6.29. The summed E-state index contributed by atoms with van der Waals surface area (Å²) in [5.74, 6) is -0.00959. The molecule has 0 bridgehead atoms. The molecule has 0 aliphatic rings. The van der Waals surface area contributed by atoms with Crippen LogP contribution in [-0.2, 0) is 0 Å². The second-order valence-corrected chi connectivity index (χ2v) is 3.41. The fourth-order valence-electron chi connectivity index (χ4n) is 1.13. The number of aromatic amines is 1. The lowest BCUT2D eigenvalue weighted by molar-refractivity contribution is 0.102. The van der Waals surface area contributed by atoms with Crippen molar-refractivity contribution < 1.29 is 4.79 Å². The average molecular weight is 238 g/mol. The topological polar surface area (TPSA) is 96.7 Å². The molecule has 0 fully saturated rings. The summed E-state index contributed by atoms with van der Waals surface area (Å²) < 4.78 is 0. The van der Waals surface area contributed by atoms with E-state index >= 15 is 0 Å². The molecule has 82 valence electrons. The summed E-state index contributed by atoms with van der Waals surface area (Å²) in [7, 11) is 0. The largest absolute Gasteiger partial charge is 0.397 e. The van der Waals surface area contributed by atoms with Crippen LogP contribution in [0.15, 0.2) is 24.7 Å². The molecule has 0 atom stereocenters. The first kappa shape index (κ1) is 10.4. The first-order chi connectivity index (χ1) is 7.65. The van der Waals surface area contributed by atoms with Gasteiger partial charge in [-0.3, -0.25) is 4.79 Å². The molecule has 0 saturated carbocycles. The Morgan fingerprint density at radius 1 is 1.44 bits per heavy atom. The van der Waals surface area contributed by atoms with Crippen LogP contribution in [0.25, 0.3) is 0 Å². The van der Waals surface area contributed by atoms with Gasteiger partial charge in [0.25, 0.3) is 5.91 Å². The van der Waals surface area contributed by atoms with Crippen LogP contribution < -0.4 is 11.1 Å². The van der Waals surface area contributed by atoms with Gasteiger partial charge in [-0.25, -0.2) is 9.97 Å². The number of nitrogens with two attached hydrogens (primary N) is 1. The van der Waals surface area contributed by atoms with E-state index in [4.69, 9.17) is 17.3 Å². The van der Waals surface area contributed by atoms with E-state index in [9.17, 15) is 4.79 Å². The maximum Gasteiger partial charge on any atom is 0.273 e. The molecular formula is C9H8ClN5O. The molecule has 2 aromatic rings. The number of carbonyl (C=O) groups is 1. The zero-order valence-corrected chi connectivity index (χ0v) is 8.82. The van der Waals surface area contributed by atoms with Crippen LogP contribution in [0.5, 0.6) is 0 Å². The van der Waals surface area contributed by atoms with Crippen molar-refractivity contribution in [1.29, 1.82) is 0 Å². The minimum atomic E-state index is -0.341. The molecule has 0 aliphatic carbocycles. The van der Waals surface area contributed by atoms with E-state index in [1.54, 1.807) is 0 Å². The molecule has 6 nitrogen and oxygen atoms in total. The Kier molecular flexibility index (Phi) is 2.74. The summed E-state index contributed by atoms with van der Waals surface area (Å²) in [4.78, 5) is 21.9. The van der Waals surface area contributed by atoms with Crippen LogP contribution in [0.2, 0.25) is 5.15 Å². The van der Waals surface area contributed by atoms with Gasteiger partial charge in [0.2, 0.25) is 0 Å². The molecule has 0 aliphatic heterocycles. The summed E-state index contributed by atoms with van der Waals surface area (Å²) in [5, 5.41) is 2.81. The van der Waals surface area contributed by atoms with Crippen molar-refractivity contribution >= 4 is 29.0 Å². The molecule has 16 heavy (non-hydrogen) atoms. The molecule has 0 saturated heterocycles. The number of nitrogens with one attached hydrogen (secondary N) is 2. The number of H-pyrrole nitrogens is 1. The number of carbonyl (C=O) groups excluding carboxylic acids is 1. The fraction of sp³-hybridized carbons (Fsp3) is 0. The predicted molar refractivity (Wildman–Crippen MR) is 60.2 cm³/mol. The highest BCUT2D eigenvalue weighted by Gasteiger charge is 2.08. The number of hydrogen-bond acceptors (Lipinski definition) is 4. The Morgan fingerprint density at radius 3 is 2.88 bits per heavy atom. The average Bonchev–Trinajstić information content (AvgIpc) is 2.65. The standard InChI is InChI=1S/C9H8ClN5O/c10-7-2-8(14-4-13-7)15-9(16)6-1-5(11)3-12-6/h1-4,12H,11H2,(H,13,14,15,16). The maximum atomic E-state index is 11.6. The van der Waals surface area contributed by atoms with Crippen LogP contribution in [0.3, 0.4) is 0 Å². The Balaban J connectivity index is 2.13. The zero-order valence-electron chi connectivity index (χ0n) is 8.07. The second-order valence-electron chi connectivity index (χ2n) is 3.03. The monoisotopic (exact) mass is 237 g/mol. The molecule has 2 heterocycles. The van der Waals surface area contributed by atoms with Gasteiger partial charge >= 0.3 is 0 Å². The molecule has 4 N–H and O–H groups in total. The number of rotatable bonds is 2. The molecule has 0 radical (unpaired) electrons. The zero-order chi connectivity index (χ0) is 11.5. The number of aromatic nitrogens is 3. The second kappa shape index (κ2) is 4.19. The van der Waals surface area contributed by atoms with E-state index in [1.165, 1.54) is 24.7 Å². The third-order valence-corrected chi connectivity index (χ3v) is 2.03. The predicted octanol–water partition coefficient (Wildman–Crippen LogP) is 1.29. The number of halogens is 1. The molecule has 7 heteroatoms. The van der Waals surface area contributed by atoms with Crippen LogP contribution in [0.1, 0.15) is 10.5 Å². The van der Waals surface area contributed by atoms with Crippen molar-refractivity contribution in [2.24, 2.45) is 0 Å².